The number of nitriles is 1. The van der Waals surface area contributed by atoms with E-state index >= 15 is 0 Å². The van der Waals surface area contributed by atoms with Crippen LogP contribution in [0.15, 0.2) is 12.1 Å². The number of hydrogen-bond donors (Lipinski definition) is 2. The zero-order valence-corrected chi connectivity index (χ0v) is 9.86. The van der Waals surface area contributed by atoms with E-state index in [9.17, 15) is 5.11 Å². The van der Waals surface area contributed by atoms with E-state index in [0.717, 1.165) is 25.7 Å². The highest BCUT2D eigenvalue weighted by molar-refractivity contribution is 5.53. The first-order chi connectivity index (χ1) is 8.10. The van der Waals surface area contributed by atoms with Crippen LogP contribution in [0.2, 0.25) is 0 Å². The minimum absolute atomic E-state index is 0.116. The van der Waals surface area contributed by atoms with Crippen LogP contribution in [0.25, 0.3) is 0 Å². The van der Waals surface area contributed by atoms with Crippen LogP contribution in [-0.4, -0.2) is 12.2 Å². The lowest BCUT2D eigenvalue weighted by Gasteiger charge is -2.25. The van der Waals surface area contributed by atoms with E-state index in [1.165, 1.54) is 13.2 Å². The molecule has 0 amide bonds. The number of nitrogens with zero attached hydrogens (tertiary/aromatic N) is 1. The van der Waals surface area contributed by atoms with Crippen LogP contribution < -0.4 is 10.5 Å². The monoisotopic (exact) mass is 232 g/mol. The van der Waals surface area contributed by atoms with Gasteiger partial charge in [-0.25, -0.2) is 0 Å². The second-order valence-electron chi connectivity index (χ2n) is 4.54. The van der Waals surface area contributed by atoms with E-state index in [4.69, 9.17) is 15.7 Å². The molecule has 0 saturated heterocycles. The Labute approximate surface area is 101 Å². The summed E-state index contributed by atoms with van der Waals surface area (Å²) in [4.78, 5) is 0. The van der Waals surface area contributed by atoms with Crippen LogP contribution >= 0.6 is 0 Å². The fraction of sp³-hybridized carbons (Fsp3) is 0.462. The minimum Gasteiger partial charge on any atom is -0.507 e. The summed E-state index contributed by atoms with van der Waals surface area (Å²) in [6, 6.07) is 5.19. The van der Waals surface area contributed by atoms with E-state index in [2.05, 4.69) is 6.07 Å². The lowest BCUT2D eigenvalue weighted by molar-refractivity contribution is 0.390. The molecule has 0 aliphatic heterocycles. The Kier molecular flexibility index (Phi) is 2.95. The first-order valence-corrected chi connectivity index (χ1v) is 5.71. The molecule has 3 N–H and O–H groups in total. The van der Waals surface area contributed by atoms with Crippen LogP contribution in [0.1, 0.15) is 36.8 Å². The van der Waals surface area contributed by atoms with E-state index in [1.54, 1.807) is 6.07 Å². The predicted octanol–water partition coefficient (Wildman–Crippen LogP) is 2.00. The molecular weight excluding hydrogens is 216 g/mol. The molecule has 4 heteroatoms. The van der Waals surface area contributed by atoms with E-state index < -0.39 is 5.54 Å². The number of hydrogen-bond acceptors (Lipinski definition) is 4. The van der Waals surface area contributed by atoms with Crippen molar-refractivity contribution in [2.45, 2.75) is 31.2 Å². The Morgan fingerprint density at radius 2 is 2.06 bits per heavy atom. The first-order valence-electron chi connectivity index (χ1n) is 5.71. The zero-order valence-electron chi connectivity index (χ0n) is 9.86. The number of aromatic hydroxyl groups is 1. The number of benzene rings is 1. The number of rotatable bonds is 2. The molecule has 0 heterocycles. The lowest BCUT2D eigenvalue weighted by Crippen LogP contribution is -2.33. The molecule has 1 aliphatic carbocycles. The van der Waals surface area contributed by atoms with Crippen LogP contribution in [0.3, 0.4) is 0 Å². The number of ether oxygens (including phenoxy) is 1. The number of phenolic OH excluding ortho intramolecular Hbond substituents is 1. The van der Waals surface area contributed by atoms with Gasteiger partial charge in [-0.3, -0.25) is 0 Å². The Bertz CT molecular complexity index is 471. The predicted molar refractivity (Wildman–Crippen MR) is 63.7 cm³/mol. The van der Waals surface area contributed by atoms with Crippen molar-refractivity contribution in [1.29, 1.82) is 5.26 Å². The third kappa shape index (κ3) is 1.94. The molecule has 0 spiro atoms. The van der Waals surface area contributed by atoms with Crippen LogP contribution in [0, 0.1) is 11.3 Å². The molecule has 2 rings (SSSR count). The van der Waals surface area contributed by atoms with Gasteiger partial charge in [0.05, 0.1) is 12.7 Å². The smallest absolute Gasteiger partial charge is 0.140 e. The van der Waals surface area contributed by atoms with Crippen molar-refractivity contribution >= 4 is 0 Å². The second-order valence-corrected chi connectivity index (χ2v) is 4.54. The third-order valence-corrected chi connectivity index (χ3v) is 3.47. The molecule has 0 radical (unpaired) electrons. The molecule has 90 valence electrons. The molecule has 1 aromatic carbocycles. The first kappa shape index (κ1) is 11.7. The molecule has 17 heavy (non-hydrogen) atoms. The standard InChI is InChI=1S/C13H16N2O2/c1-17-12-7-11(16)10(6-9(12)8-14)13(15)4-2-3-5-13/h6-7,16H,2-5,15H2,1H3. The molecule has 4 nitrogen and oxygen atoms in total. The fourth-order valence-corrected chi connectivity index (χ4v) is 2.50. The van der Waals surface area contributed by atoms with E-state index in [-0.39, 0.29) is 5.75 Å². The van der Waals surface area contributed by atoms with Crippen molar-refractivity contribution in [1.82, 2.24) is 0 Å². The normalized spacial score (nSPS) is 17.7. The number of methoxy groups -OCH3 is 1. The highest BCUT2D eigenvalue weighted by Crippen LogP contribution is 2.42. The summed E-state index contributed by atoms with van der Waals surface area (Å²) >= 11 is 0. The van der Waals surface area contributed by atoms with Gasteiger partial charge in [0.25, 0.3) is 0 Å². The quantitative estimate of drug-likeness (QED) is 0.817. The van der Waals surface area contributed by atoms with Gasteiger partial charge >= 0.3 is 0 Å². The third-order valence-electron chi connectivity index (χ3n) is 3.47. The van der Waals surface area contributed by atoms with Gasteiger partial charge in [0.2, 0.25) is 0 Å². The van der Waals surface area contributed by atoms with Crippen molar-refractivity contribution in [3.63, 3.8) is 0 Å². The average Bonchev–Trinajstić information content (AvgIpc) is 2.76. The van der Waals surface area contributed by atoms with Gasteiger partial charge in [-0.05, 0) is 18.9 Å². The number of phenols is 1. The van der Waals surface area contributed by atoms with Gasteiger partial charge in [-0.15, -0.1) is 0 Å². The van der Waals surface area contributed by atoms with Gasteiger partial charge in [-0.1, -0.05) is 12.8 Å². The molecule has 1 fully saturated rings. The molecule has 0 bridgehead atoms. The van der Waals surface area contributed by atoms with Crippen molar-refractivity contribution in [3.05, 3.63) is 23.3 Å². The maximum Gasteiger partial charge on any atom is 0.140 e. The van der Waals surface area contributed by atoms with Crippen molar-refractivity contribution in [2.24, 2.45) is 5.73 Å². The van der Waals surface area contributed by atoms with Crippen molar-refractivity contribution < 1.29 is 9.84 Å². The van der Waals surface area contributed by atoms with Crippen LogP contribution in [0.5, 0.6) is 11.5 Å². The summed E-state index contributed by atoms with van der Waals surface area (Å²) in [5.41, 5.74) is 6.86. The van der Waals surface area contributed by atoms with E-state index in [0.29, 0.717) is 16.9 Å². The summed E-state index contributed by atoms with van der Waals surface area (Å²) in [6.45, 7) is 0. The number of nitrogens with two attached hydrogens (primary N) is 1. The summed E-state index contributed by atoms with van der Waals surface area (Å²) in [5, 5.41) is 19.0. The largest absolute Gasteiger partial charge is 0.507 e. The Morgan fingerprint density at radius 3 is 2.59 bits per heavy atom. The molecule has 0 atom stereocenters. The topological polar surface area (TPSA) is 79.3 Å². The fourth-order valence-electron chi connectivity index (χ4n) is 2.50. The highest BCUT2D eigenvalue weighted by Gasteiger charge is 2.34. The molecule has 1 saturated carbocycles. The minimum atomic E-state index is -0.498. The van der Waals surface area contributed by atoms with Crippen LogP contribution in [-0.2, 0) is 5.54 Å². The van der Waals surface area contributed by atoms with Crippen LogP contribution in [0.4, 0.5) is 0 Å². The Hall–Kier alpha value is -1.73. The van der Waals surface area contributed by atoms with Gasteiger partial charge in [0.15, 0.2) is 0 Å². The summed E-state index contributed by atoms with van der Waals surface area (Å²) in [6.07, 6.45) is 3.81. The average molecular weight is 232 g/mol. The van der Waals surface area contributed by atoms with Crippen molar-refractivity contribution in [2.75, 3.05) is 7.11 Å². The van der Waals surface area contributed by atoms with E-state index in [1.807, 2.05) is 0 Å². The van der Waals surface area contributed by atoms with Gasteiger partial charge in [-0.2, -0.15) is 5.26 Å². The summed E-state index contributed by atoms with van der Waals surface area (Å²) < 4.78 is 5.04. The van der Waals surface area contributed by atoms with Gasteiger partial charge in [0.1, 0.15) is 17.6 Å². The highest BCUT2D eigenvalue weighted by atomic mass is 16.5. The lowest BCUT2D eigenvalue weighted by atomic mass is 9.87. The second kappa shape index (κ2) is 4.27. The molecule has 1 aliphatic rings. The van der Waals surface area contributed by atoms with Crippen molar-refractivity contribution in [3.8, 4) is 17.6 Å². The zero-order chi connectivity index (χ0) is 12.5. The molecule has 0 unspecified atom stereocenters. The Balaban J connectivity index is 2.52. The Morgan fingerprint density at radius 1 is 1.41 bits per heavy atom. The SMILES string of the molecule is COc1cc(O)c(C2(N)CCCC2)cc1C#N. The maximum atomic E-state index is 10.00. The summed E-state index contributed by atoms with van der Waals surface area (Å²) in [7, 11) is 1.48. The maximum absolute atomic E-state index is 10.00. The molecule has 1 aromatic rings. The van der Waals surface area contributed by atoms with Gasteiger partial charge < -0.3 is 15.6 Å². The van der Waals surface area contributed by atoms with Gasteiger partial charge in [0, 0.05) is 17.2 Å². The molecular formula is C13H16N2O2. The summed E-state index contributed by atoms with van der Waals surface area (Å²) in [5.74, 6) is 0.501. The molecule has 0 aromatic heterocycles.